The van der Waals surface area contributed by atoms with E-state index in [0.717, 1.165) is 29.6 Å². The minimum Gasteiger partial charge on any atom is -0.396 e. The van der Waals surface area contributed by atoms with Gasteiger partial charge in [-0.3, -0.25) is 0 Å². The number of rotatable bonds is 1. The van der Waals surface area contributed by atoms with Gasteiger partial charge in [-0.2, -0.15) is 0 Å². The van der Waals surface area contributed by atoms with E-state index in [2.05, 4.69) is 27.7 Å². The average Bonchev–Trinajstić information content (AvgIpc) is 2.43. The summed E-state index contributed by atoms with van der Waals surface area (Å²) in [5.41, 5.74) is 0.776. The van der Waals surface area contributed by atoms with E-state index in [9.17, 15) is 5.11 Å². The van der Waals surface area contributed by atoms with Crippen LogP contribution in [0.25, 0.3) is 0 Å². The molecule has 0 radical (unpaired) electrons. The van der Waals surface area contributed by atoms with E-state index in [4.69, 9.17) is 0 Å². The highest BCUT2D eigenvalue weighted by molar-refractivity contribution is 5.01. The molecule has 0 aliphatic heterocycles. The fourth-order valence-corrected chi connectivity index (χ4v) is 6.74. The SMILES string of the molecule is C[C@@H]1CCC[C@@]2(CO)CC[C@H]3[C@H](C)CC[C@@H](C[C@H]12)C3(C)C. The maximum Gasteiger partial charge on any atom is 0.0490 e. The first kappa shape index (κ1) is 15.8. The fraction of sp³-hybridized carbons (Fsp3) is 1.00. The van der Waals surface area contributed by atoms with Crippen molar-refractivity contribution in [3.8, 4) is 0 Å². The van der Waals surface area contributed by atoms with Crippen LogP contribution in [-0.4, -0.2) is 11.7 Å². The smallest absolute Gasteiger partial charge is 0.0490 e. The minimum atomic E-state index is 0.266. The molecule has 1 N–H and O–H groups in total. The molecule has 122 valence electrons. The van der Waals surface area contributed by atoms with Crippen LogP contribution in [0.1, 0.15) is 79.1 Å². The lowest BCUT2D eigenvalue weighted by atomic mass is 9.48. The van der Waals surface area contributed by atoms with Gasteiger partial charge >= 0.3 is 0 Å². The number of hydrogen-bond acceptors (Lipinski definition) is 1. The zero-order valence-corrected chi connectivity index (χ0v) is 14.7. The van der Waals surface area contributed by atoms with E-state index in [1.165, 1.54) is 51.4 Å². The Bertz CT molecular complexity index is 374. The summed E-state index contributed by atoms with van der Waals surface area (Å²) in [5, 5.41) is 10.3. The lowest BCUT2D eigenvalue weighted by Gasteiger charge is -2.57. The summed E-state index contributed by atoms with van der Waals surface area (Å²) in [6.07, 6.45) is 10.9. The first-order chi connectivity index (χ1) is 9.90. The molecular formula is C20H36O. The van der Waals surface area contributed by atoms with Crippen molar-refractivity contribution in [2.45, 2.75) is 79.1 Å². The molecule has 21 heavy (non-hydrogen) atoms. The first-order valence-corrected chi connectivity index (χ1v) is 9.51. The third kappa shape index (κ3) is 2.48. The zero-order chi connectivity index (χ0) is 15.3. The van der Waals surface area contributed by atoms with Gasteiger partial charge in [0.2, 0.25) is 0 Å². The summed E-state index contributed by atoms with van der Waals surface area (Å²) in [5.74, 6) is 4.23. The molecular weight excluding hydrogens is 256 g/mol. The van der Waals surface area contributed by atoms with E-state index in [0.29, 0.717) is 12.0 Å². The van der Waals surface area contributed by atoms with E-state index < -0.39 is 0 Å². The van der Waals surface area contributed by atoms with Crippen LogP contribution in [0.2, 0.25) is 0 Å². The number of aliphatic hydroxyl groups is 1. The molecule has 0 saturated heterocycles. The molecule has 3 rings (SSSR count). The fourth-order valence-electron chi connectivity index (χ4n) is 6.74. The van der Waals surface area contributed by atoms with Crippen molar-refractivity contribution in [2.24, 2.45) is 40.4 Å². The van der Waals surface area contributed by atoms with E-state index in [1.807, 2.05) is 0 Å². The summed E-state index contributed by atoms with van der Waals surface area (Å²) < 4.78 is 0. The Morgan fingerprint density at radius 1 is 0.905 bits per heavy atom. The second kappa shape index (κ2) is 5.55. The van der Waals surface area contributed by atoms with Gasteiger partial charge in [-0.15, -0.1) is 0 Å². The van der Waals surface area contributed by atoms with Crippen LogP contribution in [-0.2, 0) is 0 Å². The van der Waals surface area contributed by atoms with E-state index >= 15 is 0 Å². The summed E-state index contributed by atoms with van der Waals surface area (Å²) in [6, 6.07) is 0. The van der Waals surface area contributed by atoms with E-state index in [-0.39, 0.29) is 5.41 Å². The normalized spacial score (nSPS) is 49.9. The lowest BCUT2D eigenvalue weighted by molar-refractivity contribution is -0.0932. The van der Waals surface area contributed by atoms with E-state index in [1.54, 1.807) is 0 Å². The Labute approximate surface area is 131 Å². The maximum atomic E-state index is 10.3. The monoisotopic (exact) mass is 292 g/mol. The Morgan fingerprint density at radius 3 is 2.33 bits per heavy atom. The summed E-state index contributed by atoms with van der Waals surface area (Å²) in [7, 11) is 0. The van der Waals surface area contributed by atoms with Gasteiger partial charge in [0, 0.05) is 6.61 Å². The maximum absolute atomic E-state index is 10.3. The van der Waals surface area contributed by atoms with Crippen LogP contribution in [0.15, 0.2) is 0 Å². The molecule has 0 unspecified atom stereocenters. The molecule has 0 aromatic heterocycles. The topological polar surface area (TPSA) is 20.2 Å². The Morgan fingerprint density at radius 2 is 1.62 bits per heavy atom. The molecule has 3 aliphatic carbocycles. The molecule has 1 heteroatoms. The molecule has 0 aromatic carbocycles. The molecule has 0 heterocycles. The Balaban J connectivity index is 1.93. The number of hydrogen-bond donors (Lipinski definition) is 1. The zero-order valence-electron chi connectivity index (χ0n) is 14.7. The molecule has 3 fully saturated rings. The molecule has 3 saturated carbocycles. The number of aliphatic hydroxyl groups excluding tert-OH is 1. The quantitative estimate of drug-likeness (QED) is 0.697. The second-order valence-electron chi connectivity index (χ2n) is 9.45. The number of fused-ring (bicyclic) bond motifs is 3. The van der Waals surface area contributed by atoms with Crippen LogP contribution >= 0.6 is 0 Å². The second-order valence-corrected chi connectivity index (χ2v) is 9.45. The van der Waals surface area contributed by atoms with Crippen molar-refractivity contribution in [1.82, 2.24) is 0 Å². The highest BCUT2D eigenvalue weighted by Crippen LogP contribution is 2.60. The molecule has 0 spiro atoms. The first-order valence-electron chi connectivity index (χ1n) is 9.51. The van der Waals surface area contributed by atoms with Crippen molar-refractivity contribution < 1.29 is 5.11 Å². The van der Waals surface area contributed by atoms with Gasteiger partial charge in [-0.25, -0.2) is 0 Å². The van der Waals surface area contributed by atoms with Crippen molar-refractivity contribution in [1.29, 1.82) is 0 Å². The summed E-state index contributed by atoms with van der Waals surface area (Å²) in [4.78, 5) is 0. The van der Waals surface area contributed by atoms with Gasteiger partial charge in [0.05, 0.1) is 0 Å². The van der Waals surface area contributed by atoms with Gasteiger partial charge in [0.15, 0.2) is 0 Å². The molecule has 0 aromatic rings. The largest absolute Gasteiger partial charge is 0.396 e. The predicted molar refractivity (Wildman–Crippen MR) is 89.0 cm³/mol. The highest BCUT2D eigenvalue weighted by Gasteiger charge is 2.52. The molecule has 1 nitrogen and oxygen atoms in total. The summed E-state index contributed by atoms with van der Waals surface area (Å²) in [6.45, 7) is 10.5. The van der Waals surface area contributed by atoms with Gasteiger partial charge < -0.3 is 5.11 Å². The molecule has 6 atom stereocenters. The van der Waals surface area contributed by atoms with Gasteiger partial charge in [0.1, 0.15) is 0 Å². The van der Waals surface area contributed by atoms with Crippen LogP contribution in [0, 0.1) is 40.4 Å². The minimum absolute atomic E-state index is 0.266. The summed E-state index contributed by atoms with van der Waals surface area (Å²) >= 11 is 0. The molecule has 0 amide bonds. The third-order valence-electron chi connectivity index (χ3n) is 8.28. The van der Waals surface area contributed by atoms with Gasteiger partial charge in [-0.05, 0) is 72.5 Å². The highest BCUT2D eigenvalue weighted by atomic mass is 16.3. The Kier molecular flexibility index (Phi) is 4.19. The van der Waals surface area contributed by atoms with Gasteiger partial charge in [0.25, 0.3) is 0 Å². The van der Waals surface area contributed by atoms with Crippen molar-refractivity contribution in [2.75, 3.05) is 6.61 Å². The third-order valence-corrected chi connectivity index (χ3v) is 8.28. The predicted octanol–water partition coefficient (Wildman–Crippen LogP) is 5.27. The van der Waals surface area contributed by atoms with Crippen LogP contribution in [0.3, 0.4) is 0 Å². The van der Waals surface area contributed by atoms with Gasteiger partial charge in [-0.1, -0.05) is 47.0 Å². The van der Waals surface area contributed by atoms with Crippen molar-refractivity contribution in [3.63, 3.8) is 0 Å². The standard InChI is InChI=1S/C20H36O/c1-14-6-5-10-20(13-21)11-9-17-15(2)7-8-16(12-18(14)20)19(17,3)4/h14-18,21H,5-13H2,1-4H3/t14-,15-,16+,17+,18-,20+/m1/s1. The average molecular weight is 293 g/mol. The van der Waals surface area contributed by atoms with Crippen molar-refractivity contribution >= 4 is 0 Å². The van der Waals surface area contributed by atoms with Crippen LogP contribution in [0.5, 0.6) is 0 Å². The van der Waals surface area contributed by atoms with Crippen LogP contribution in [0.4, 0.5) is 0 Å². The Hall–Kier alpha value is -0.0400. The van der Waals surface area contributed by atoms with Crippen LogP contribution < -0.4 is 0 Å². The molecule has 3 aliphatic rings. The molecule has 2 bridgehead atoms. The van der Waals surface area contributed by atoms with Crippen molar-refractivity contribution in [3.05, 3.63) is 0 Å². The lowest BCUT2D eigenvalue weighted by Crippen LogP contribution is -2.50.